The van der Waals surface area contributed by atoms with Crippen LogP contribution < -0.4 is 20.1 Å². The first kappa shape index (κ1) is 14.3. The van der Waals surface area contributed by atoms with E-state index in [0.29, 0.717) is 0 Å². The molecule has 0 fully saturated rings. The molecule has 1 aliphatic heterocycles. The Hall–Kier alpha value is -2.09. The number of carbonyl (C=O) groups is 2. The standard InChI is InChI=1S/C11H9ClF2N2O4/c1-5(12)9(17)16-10(18)15-6-2-3-7-8(4-6)20-11(13,14)19-7/h2-5H,1H3,(H2,15,16,17,18). The molecular weight excluding hydrogens is 298 g/mol. The van der Waals surface area contributed by atoms with E-state index in [1.807, 2.05) is 5.32 Å². The third-order valence-corrected chi connectivity index (χ3v) is 2.46. The minimum atomic E-state index is -3.73. The van der Waals surface area contributed by atoms with Crippen molar-refractivity contribution in [3.8, 4) is 11.5 Å². The Balaban J connectivity index is 2.02. The number of hydrogen-bond acceptors (Lipinski definition) is 4. The monoisotopic (exact) mass is 306 g/mol. The fourth-order valence-electron chi connectivity index (χ4n) is 1.40. The lowest BCUT2D eigenvalue weighted by atomic mass is 10.3. The molecule has 6 nitrogen and oxygen atoms in total. The highest BCUT2D eigenvalue weighted by atomic mass is 35.5. The molecule has 0 aliphatic carbocycles. The van der Waals surface area contributed by atoms with E-state index in [2.05, 4.69) is 14.8 Å². The molecular formula is C11H9ClF2N2O4. The molecule has 0 saturated heterocycles. The zero-order valence-corrected chi connectivity index (χ0v) is 10.8. The summed E-state index contributed by atoms with van der Waals surface area (Å²) in [4.78, 5) is 22.6. The summed E-state index contributed by atoms with van der Waals surface area (Å²) in [6.07, 6.45) is -3.73. The third-order valence-electron chi connectivity index (χ3n) is 2.26. The van der Waals surface area contributed by atoms with Gasteiger partial charge in [-0.2, -0.15) is 0 Å². The summed E-state index contributed by atoms with van der Waals surface area (Å²) in [6, 6.07) is 2.83. The van der Waals surface area contributed by atoms with E-state index in [1.165, 1.54) is 19.1 Å². The van der Waals surface area contributed by atoms with E-state index in [1.54, 1.807) is 0 Å². The highest BCUT2D eigenvalue weighted by molar-refractivity contribution is 6.31. The van der Waals surface area contributed by atoms with Crippen molar-refractivity contribution in [2.45, 2.75) is 18.6 Å². The van der Waals surface area contributed by atoms with Crippen LogP contribution in [0.4, 0.5) is 19.3 Å². The van der Waals surface area contributed by atoms with Crippen molar-refractivity contribution in [3.05, 3.63) is 18.2 Å². The van der Waals surface area contributed by atoms with Crippen LogP contribution in [0.1, 0.15) is 6.92 Å². The van der Waals surface area contributed by atoms with E-state index in [9.17, 15) is 18.4 Å². The first-order valence-electron chi connectivity index (χ1n) is 5.42. The predicted octanol–water partition coefficient (Wildman–Crippen LogP) is 2.28. The molecule has 1 unspecified atom stereocenters. The maximum absolute atomic E-state index is 12.8. The summed E-state index contributed by atoms with van der Waals surface area (Å²) in [6.45, 7) is 1.40. The van der Waals surface area contributed by atoms with Crippen molar-refractivity contribution in [1.29, 1.82) is 0 Å². The topological polar surface area (TPSA) is 76.7 Å². The molecule has 1 aliphatic rings. The van der Waals surface area contributed by atoms with Crippen molar-refractivity contribution in [1.82, 2.24) is 5.32 Å². The molecule has 2 rings (SSSR count). The lowest BCUT2D eigenvalue weighted by Gasteiger charge is -2.08. The van der Waals surface area contributed by atoms with Crippen LogP contribution in [0.2, 0.25) is 0 Å². The lowest BCUT2D eigenvalue weighted by Crippen LogP contribution is -2.38. The van der Waals surface area contributed by atoms with Crippen LogP contribution in [-0.2, 0) is 4.79 Å². The van der Waals surface area contributed by atoms with Crippen LogP contribution in [0, 0.1) is 0 Å². The molecule has 108 valence electrons. The van der Waals surface area contributed by atoms with E-state index in [-0.39, 0.29) is 17.2 Å². The summed E-state index contributed by atoms with van der Waals surface area (Å²) in [5.74, 6) is -1.05. The Bertz CT molecular complexity index is 565. The number of hydrogen-bond donors (Lipinski definition) is 2. The number of nitrogens with one attached hydrogen (secondary N) is 2. The molecule has 3 amide bonds. The van der Waals surface area contributed by atoms with Crippen molar-refractivity contribution < 1.29 is 27.8 Å². The number of imide groups is 1. The first-order chi connectivity index (χ1) is 9.27. The summed E-state index contributed by atoms with van der Waals surface area (Å²) in [7, 11) is 0. The Kier molecular flexibility index (Phi) is 3.67. The van der Waals surface area contributed by atoms with Crippen LogP contribution in [-0.4, -0.2) is 23.6 Å². The third kappa shape index (κ3) is 3.27. The smallest absolute Gasteiger partial charge is 0.395 e. The van der Waals surface area contributed by atoms with Gasteiger partial charge < -0.3 is 14.8 Å². The summed E-state index contributed by atoms with van der Waals surface area (Å²) in [5.41, 5.74) is 0.151. The van der Waals surface area contributed by atoms with Gasteiger partial charge in [0, 0.05) is 11.8 Å². The summed E-state index contributed by atoms with van der Waals surface area (Å²) in [5, 5.41) is 3.37. The number of urea groups is 1. The number of amides is 3. The van der Waals surface area contributed by atoms with Crippen molar-refractivity contribution >= 4 is 29.2 Å². The van der Waals surface area contributed by atoms with E-state index in [4.69, 9.17) is 11.6 Å². The Morgan fingerprint density at radius 2 is 1.95 bits per heavy atom. The van der Waals surface area contributed by atoms with Gasteiger partial charge in [0.2, 0.25) is 5.91 Å². The molecule has 1 atom stereocenters. The molecule has 0 aromatic heterocycles. The zero-order valence-electron chi connectivity index (χ0n) is 10.1. The van der Waals surface area contributed by atoms with Gasteiger partial charge in [0.15, 0.2) is 11.5 Å². The lowest BCUT2D eigenvalue weighted by molar-refractivity contribution is -0.286. The highest BCUT2D eigenvalue weighted by Crippen LogP contribution is 2.42. The predicted molar refractivity (Wildman–Crippen MR) is 65.1 cm³/mol. The van der Waals surface area contributed by atoms with Gasteiger partial charge in [0.05, 0.1) is 0 Å². The summed E-state index contributed by atoms with van der Waals surface area (Å²) < 4.78 is 34.0. The van der Waals surface area contributed by atoms with Gasteiger partial charge in [0.1, 0.15) is 5.38 Å². The second-order valence-electron chi connectivity index (χ2n) is 3.89. The number of ether oxygens (including phenoxy) is 2. The quantitative estimate of drug-likeness (QED) is 0.822. The number of alkyl halides is 3. The highest BCUT2D eigenvalue weighted by Gasteiger charge is 2.43. The largest absolute Gasteiger partial charge is 0.586 e. The normalized spacial score (nSPS) is 16.4. The number of anilines is 1. The summed E-state index contributed by atoms with van der Waals surface area (Å²) >= 11 is 5.47. The fraction of sp³-hybridized carbons (Fsp3) is 0.273. The zero-order chi connectivity index (χ0) is 14.9. The maximum Gasteiger partial charge on any atom is 0.586 e. The molecule has 1 aromatic rings. The van der Waals surface area contributed by atoms with E-state index in [0.717, 1.165) is 6.07 Å². The number of halogens is 3. The molecule has 2 N–H and O–H groups in total. The van der Waals surface area contributed by atoms with Crippen molar-refractivity contribution in [2.75, 3.05) is 5.32 Å². The number of rotatable bonds is 2. The molecule has 9 heteroatoms. The second-order valence-corrected chi connectivity index (χ2v) is 4.54. The van der Waals surface area contributed by atoms with Crippen molar-refractivity contribution in [3.63, 3.8) is 0 Å². The van der Waals surface area contributed by atoms with Gasteiger partial charge in [-0.3, -0.25) is 10.1 Å². The van der Waals surface area contributed by atoms with Crippen molar-refractivity contribution in [2.24, 2.45) is 0 Å². The van der Waals surface area contributed by atoms with E-state index < -0.39 is 23.6 Å². The molecule has 1 heterocycles. The van der Waals surface area contributed by atoms with E-state index >= 15 is 0 Å². The SMILES string of the molecule is CC(Cl)C(=O)NC(=O)Nc1ccc2c(c1)OC(F)(F)O2. The maximum atomic E-state index is 12.8. The minimum Gasteiger partial charge on any atom is -0.395 e. The first-order valence-corrected chi connectivity index (χ1v) is 5.86. The van der Waals surface area contributed by atoms with Crippen LogP contribution in [0.5, 0.6) is 11.5 Å². The van der Waals surface area contributed by atoms with Crippen LogP contribution in [0.15, 0.2) is 18.2 Å². The number of fused-ring (bicyclic) bond motifs is 1. The van der Waals surface area contributed by atoms with Gasteiger partial charge in [-0.25, -0.2) is 4.79 Å². The number of carbonyl (C=O) groups excluding carboxylic acids is 2. The molecule has 0 bridgehead atoms. The van der Waals surface area contributed by atoms with Gasteiger partial charge in [0.25, 0.3) is 0 Å². The minimum absolute atomic E-state index is 0.147. The number of benzene rings is 1. The average molecular weight is 307 g/mol. The van der Waals surface area contributed by atoms with Crippen LogP contribution in [0.3, 0.4) is 0 Å². The molecule has 0 saturated carbocycles. The Morgan fingerprint density at radius 3 is 2.60 bits per heavy atom. The van der Waals surface area contributed by atoms with Gasteiger partial charge in [-0.05, 0) is 19.1 Å². The fourth-order valence-corrected chi connectivity index (χ4v) is 1.45. The van der Waals surface area contributed by atoms with Crippen LogP contribution >= 0.6 is 11.6 Å². The van der Waals surface area contributed by atoms with Gasteiger partial charge in [-0.1, -0.05) is 0 Å². The van der Waals surface area contributed by atoms with Crippen LogP contribution in [0.25, 0.3) is 0 Å². The molecule has 20 heavy (non-hydrogen) atoms. The second kappa shape index (κ2) is 5.12. The van der Waals surface area contributed by atoms with Gasteiger partial charge >= 0.3 is 12.3 Å². The molecule has 0 radical (unpaired) electrons. The Morgan fingerprint density at radius 1 is 1.30 bits per heavy atom. The average Bonchev–Trinajstić information content (AvgIpc) is 2.61. The van der Waals surface area contributed by atoms with Gasteiger partial charge in [-0.15, -0.1) is 20.4 Å². The Labute approximate surface area is 117 Å². The molecule has 1 aromatic carbocycles. The molecule has 0 spiro atoms.